The van der Waals surface area contributed by atoms with Gasteiger partial charge in [0, 0.05) is 17.2 Å². The lowest BCUT2D eigenvalue weighted by molar-refractivity contribution is -0.124. The molecule has 0 radical (unpaired) electrons. The third-order valence-electron chi connectivity index (χ3n) is 2.19. The first-order chi connectivity index (χ1) is 7.56. The number of halogens is 2. The van der Waals surface area contributed by atoms with Gasteiger partial charge in [0.05, 0.1) is 6.42 Å². The molecular weight excluding hydrogens is 216 g/mol. The molecule has 1 fully saturated rings. The lowest BCUT2D eigenvalue weighted by Crippen LogP contribution is -2.19. The first-order valence-electron chi connectivity index (χ1n) is 4.56. The van der Waals surface area contributed by atoms with Crippen molar-refractivity contribution in [3.8, 4) is 0 Å². The van der Waals surface area contributed by atoms with Gasteiger partial charge in [0.1, 0.15) is 11.6 Å². The van der Waals surface area contributed by atoms with E-state index in [9.17, 15) is 18.4 Å². The lowest BCUT2D eigenvalue weighted by atomic mass is 10.1. The minimum absolute atomic E-state index is 0.0738. The monoisotopic (exact) mass is 223 g/mol. The zero-order valence-corrected chi connectivity index (χ0v) is 8.09. The van der Waals surface area contributed by atoms with Crippen LogP contribution in [-0.2, 0) is 9.59 Å². The molecule has 1 heterocycles. The average molecular weight is 223 g/mol. The molecule has 1 N–H and O–H groups in total. The number of carbonyl (C=O) groups is 2. The third-order valence-corrected chi connectivity index (χ3v) is 2.19. The molecule has 1 aromatic carbocycles. The summed E-state index contributed by atoms with van der Waals surface area (Å²) >= 11 is 0. The summed E-state index contributed by atoms with van der Waals surface area (Å²) in [6, 6.07) is 3.03. The fourth-order valence-corrected chi connectivity index (χ4v) is 1.43. The molecule has 0 spiro atoms. The highest BCUT2D eigenvalue weighted by Crippen LogP contribution is 2.17. The number of rotatable bonds is 1. The number of benzene rings is 1. The Bertz CT molecular complexity index is 509. The van der Waals surface area contributed by atoms with E-state index in [1.54, 1.807) is 0 Å². The molecule has 1 aromatic rings. The van der Waals surface area contributed by atoms with Crippen molar-refractivity contribution in [2.75, 3.05) is 0 Å². The Morgan fingerprint density at radius 2 is 2.00 bits per heavy atom. The number of hydrogen-bond acceptors (Lipinski definition) is 2. The van der Waals surface area contributed by atoms with Crippen LogP contribution in [0.1, 0.15) is 12.0 Å². The minimum atomic E-state index is -0.764. The second-order valence-electron chi connectivity index (χ2n) is 3.39. The van der Waals surface area contributed by atoms with Crippen molar-refractivity contribution >= 4 is 17.9 Å². The Morgan fingerprint density at radius 3 is 2.56 bits per heavy atom. The second kappa shape index (κ2) is 3.84. The highest BCUT2D eigenvalue weighted by molar-refractivity contribution is 6.15. The number of amides is 2. The van der Waals surface area contributed by atoms with Crippen LogP contribution in [0.4, 0.5) is 8.78 Å². The maximum Gasteiger partial charge on any atom is 0.254 e. The lowest BCUT2D eigenvalue weighted by Gasteiger charge is -1.98. The van der Waals surface area contributed by atoms with Gasteiger partial charge in [-0.05, 0) is 18.2 Å². The summed E-state index contributed by atoms with van der Waals surface area (Å²) in [5.41, 5.74) is 0.261. The summed E-state index contributed by atoms with van der Waals surface area (Å²) in [5.74, 6) is -2.40. The van der Waals surface area contributed by atoms with E-state index in [1.807, 2.05) is 0 Å². The van der Waals surface area contributed by atoms with Gasteiger partial charge in [-0.2, -0.15) is 0 Å². The molecule has 16 heavy (non-hydrogen) atoms. The summed E-state index contributed by atoms with van der Waals surface area (Å²) < 4.78 is 25.8. The fraction of sp³-hybridized carbons (Fsp3) is 0.0909. The largest absolute Gasteiger partial charge is 0.292 e. The van der Waals surface area contributed by atoms with Crippen molar-refractivity contribution in [1.29, 1.82) is 0 Å². The molecule has 82 valence electrons. The van der Waals surface area contributed by atoms with E-state index in [0.717, 1.165) is 12.1 Å². The van der Waals surface area contributed by atoms with E-state index < -0.39 is 23.4 Å². The Morgan fingerprint density at radius 1 is 1.25 bits per heavy atom. The topological polar surface area (TPSA) is 46.2 Å². The zero-order chi connectivity index (χ0) is 11.7. The van der Waals surface area contributed by atoms with Crippen molar-refractivity contribution < 1.29 is 18.4 Å². The molecule has 1 saturated heterocycles. The van der Waals surface area contributed by atoms with E-state index in [-0.39, 0.29) is 17.6 Å². The number of carbonyl (C=O) groups excluding carboxylic acids is 2. The Hall–Kier alpha value is -2.04. The highest BCUT2D eigenvalue weighted by atomic mass is 19.1. The standard InChI is InChI=1S/C11H7F2NO2/c12-8-2-1-6(9(13)5-8)3-7-4-10(15)14-11(7)16/h1-3,5H,4H2,(H,14,15,16)/b7-3+. The Labute approximate surface area is 89.8 Å². The third kappa shape index (κ3) is 1.98. The summed E-state index contributed by atoms with van der Waals surface area (Å²) in [6.45, 7) is 0. The summed E-state index contributed by atoms with van der Waals surface area (Å²) in [7, 11) is 0. The minimum Gasteiger partial charge on any atom is -0.292 e. The van der Waals surface area contributed by atoms with Crippen molar-refractivity contribution in [1.82, 2.24) is 5.32 Å². The average Bonchev–Trinajstić information content (AvgIpc) is 2.50. The van der Waals surface area contributed by atoms with Gasteiger partial charge in [-0.1, -0.05) is 0 Å². The van der Waals surface area contributed by atoms with Crippen LogP contribution in [0.5, 0.6) is 0 Å². The number of imide groups is 1. The van der Waals surface area contributed by atoms with Gasteiger partial charge >= 0.3 is 0 Å². The van der Waals surface area contributed by atoms with E-state index in [2.05, 4.69) is 5.32 Å². The molecule has 5 heteroatoms. The second-order valence-corrected chi connectivity index (χ2v) is 3.39. The van der Waals surface area contributed by atoms with Crippen LogP contribution in [0.2, 0.25) is 0 Å². The molecule has 0 saturated carbocycles. The molecule has 0 aliphatic carbocycles. The predicted molar refractivity (Wildman–Crippen MR) is 52.1 cm³/mol. The predicted octanol–water partition coefficient (Wildman–Crippen LogP) is 1.39. The number of nitrogens with one attached hydrogen (secondary N) is 1. The van der Waals surface area contributed by atoms with Gasteiger partial charge in [0.2, 0.25) is 5.91 Å². The Balaban J connectivity index is 2.36. The molecule has 1 aliphatic rings. The molecule has 0 bridgehead atoms. The van der Waals surface area contributed by atoms with Crippen LogP contribution in [0, 0.1) is 11.6 Å². The summed E-state index contributed by atoms with van der Waals surface area (Å²) in [4.78, 5) is 22.0. The smallest absolute Gasteiger partial charge is 0.254 e. The van der Waals surface area contributed by atoms with Crippen LogP contribution in [0.3, 0.4) is 0 Å². The molecule has 0 atom stereocenters. The van der Waals surface area contributed by atoms with E-state index in [4.69, 9.17) is 0 Å². The van der Waals surface area contributed by atoms with Gasteiger partial charge in [0.25, 0.3) is 5.91 Å². The SMILES string of the molecule is O=C1C/C(=C\c2ccc(F)cc2F)C(=O)N1. The highest BCUT2D eigenvalue weighted by Gasteiger charge is 2.23. The summed E-state index contributed by atoms with van der Waals surface area (Å²) in [6.07, 6.45) is 1.17. The summed E-state index contributed by atoms with van der Waals surface area (Å²) in [5, 5.41) is 2.08. The van der Waals surface area contributed by atoms with E-state index in [1.165, 1.54) is 12.1 Å². The van der Waals surface area contributed by atoms with Crippen LogP contribution < -0.4 is 5.32 Å². The molecule has 0 aromatic heterocycles. The van der Waals surface area contributed by atoms with E-state index in [0.29, 0.717) is 0 Å². The van der Waals surface area contributed by atoms with Crippen LogP contribution >= 0.6 is 0 Å². The quantitative estimate of drug-likeness (QED) is 0.577. The maximum atomic E-state index is 13.2. The van der Waals surface area contributed by atoms with Gasteiger partial charge < -0.3 is 0 Å². The molecule has 0 unspecified atom stereocenters. The molecular formula is C11H7F2NO2. The van der Waals surface area contributed by atoms with Crippen molar-refractivity contribution in [3.05, 3.63) is 41.0 Å². The molecule has 1 aliphatic heterocycles. The molecule has 2 amide bonds. The van der Waals surface area contributed by atoms with Crippen LogP contribution in [0.25, 0.3) is 6.08 Å². The molecule has 2 rings (SSSR count). The first-order valence-corrected chi connectivity index (χ1v) is 4.56. The Kier molecular flexibility index (Phi) is 2.52. The van der Waals surface area contributed by atoms with Crippen molar-refractivity contribution in [2.45, 2.75) is 6.42 Å². The maximum absolute atomic E-state index is 13.2. The normalized spacial score (nSPS) is 18.0. The van der Waals surface area contributed by atoms with Crippen molar-refractivity contribution in [3.63, 3.8) is 0 Å². The van der Waals surface area contributed by atoms with Crippen LogP contribution in [-0.4, -0.2) is 11.8 Å². The van der Waals surface area contributed by atoms with E-state index >= 15 is 0 Å². The zero-order valence-electron chi connectivity index (χ0n) is 8.09. The van der Waals surface area contributed by atoms with Gasteiger partial charge in [-0.3, -0.25) is 14.9 Å². The van der Waals surface area contributed by atoms with Crippen molar-refractivity contribution in [2.24, 2.45) is 0 Å². The molecule has 3 nitrogen and oxygen atoms in total. The van der Waals surface area contributed by atoms with Gasteiger partial charge in [0.15, 0.2) is 0 Å². The van der Waals surface area contributed by atoms with Gasteiger partial charge in [-0.15, -0.1) is 0 Å². The number of hydrogen-bond donors (Lipinski definition) is 1. The fourth-order valence-electron chi connectivity index (χ4n) is 1.43. The van der Waals surface area contributed by atoms with Crippen LogP contribution in [0.15, 0.2) is 23.8 Å². The van der Waals surface area contributed by atoms with Gasteiger partial charge in [-0.25, -0.2) is 8.78 Å². The first kappa shape index (κ1) is 10.5.